The van der Waals surface area contributed by atoms with E-state index in [0.717, 1.165) is 17.6 Å². The molecular weight excluding hydrogens is 256 g/mol. The van der Waals surface area contributed by atoms with Crippen LogP contribution in [0.2, 0.25) is 0 Å². The van der Waals surface area contributed by atoms with Gasteiger partial charge in [0.05, 0.1) is 5.41 Å². The molecule has 112 valence electrons. The van der Waals surface area contributed by atoms with Gasteiger partial charge in [-0.05, 0) is 23.5 Å². The van der Waals surface area contributed by atoms with Gasteiger partial charge in [-0.2, -0.15) is 0 Å². The van der Waals surface area contributed by atoms with Crippen LogP contribution in [-0.2, 0) is 10.2 Å². The molecule has 1 unspecified atom stereocenters. The van der Waals surface area contributed by atoms with Crippen LogP contribution >= 0.6 is 0 Å². The average Bonchev–Trinajstić information content (AvgIpc) is 2.50. The molecule has 0 aliphatic carbocycles. The quantitative estimate of drug-likeness (QED) is 0.595. The SMILES string of the molecule is C=C/C=C(\C=C)C(CC(C)C)(C(=O)CC)c1ccccc1. The lowest BCUT2D eigenvalue weighted by Crippen LogP contribution is -2.38. The molecule has 0 aliphatic rings. The number of hydrogen-bond donors (Lipinski definition) is 0. The van der Waals surface area contributed by atoms with Crippen LogP contribution < -0.4 is 0 Å². The van der Waals surface area contributed by atoms with Crippen molar-refractivity contribution in [1.29, 1.82) is 0 Å². The Bertz CT molecular complexity index is 522. The Morgan fingerprint density at radius 2 is 1.86 bits per heavy atom. The lowest BCUT2D eigenvalue weighted by molar-refractivity contribution is -0.123. The van der Waals surface area contributed by atoms with Gasteiger partial charge in [0.1, 0.15) is 5.78 Å². The van der Waals surface area contributed by atoms with Crippen LogP contribution in [0.25, 0.3) is 0 Å². The van der Waals surface area contributed by atoms with E-state index in [9.17, 15) is 4.79 Å². The highest BCUT2D eigenvalue weighted by atomic mass is 16.1. The molecule has 0 N–H and O–H groups in total. The van der Waals surface area contributed by atoms with E-state index in [1.54, 1.807) is 12.2 Å². The fourth-order valence-electron chi connectivity index (χ4n) is 2.99. The van der Waals surface area contributed by atoms with E-state index in [1.807, 2.05) is 43.3 Å². The predicted octanol–water partition coefficient (Wildman–Crippen LogP) is 5.25. The molecule has 0 aromatic heterocycles. The van der Waals surface area contributed by atoms with Gasteiger partial charge in [0, 0.05) is 6.42 Å². The topological polar surface area (TPSA) is 17.1 Å². The molecule has 0 aliphatic heterocycles. The number of carbonyl (C=O) groups is 1. The fourth-order valence-corrected chi connectivity index (χ4v) is 2.99. The van der Waals surface area contributed by atoms with Gasteiger partial charge in [0.2, 0.25) is 0 Å². The number of benzene rings is 1. The van der Waals surface area contributed by atoms with Crippen molar-refractivity contribution in [3.8, 4) is 0 Å². The standard InChI is InChI=1S/C20H26O/c1-6-12-17(7-2)20(15-16(4)5,19(21)8-3)18-13-10-9-11-14-18/h6-7,9-14,16H,1-2,8,15H2,3-5H3/b17-12+. The molecule has 1 nitrogen and oxygen atoms in total. The smallest absolute Gasteiger partial charge is 0.147 e. The van der Waals surface area contributed by atoms with Crippen LogP contribution in [0.1, 0.15) is 39.2 Å². The highest BCUT2D eigenvalue weighted by Crippen LogP contribution is 2.40. The number of ketones is 1. The van der Waals surface area contributed by atoms with E-state index in [0.29, 0.717) is 12.3 Å². The van der Waals surface area contributed by atoms with E-state index < -0.39 is 5.41 Å². The minimum atomic E-state index is -0.625. The van der Waals surface area contributed by atoms with E-state index in [2.05, 4.69) is 27.0 Å². The van der Waals surface area contributed by atoms with Crippen molar-refractivity contribution < 1.29 is 4.79 Å². The summed E-state index contributed by atoms with van der Waals surface area (Å²) < 4.78 is 0. The minimum absolute atomic E-state index is 0.232. The highest BCUT2D eigenvalue weighted by molar-refractivity contribution is 5.94. The van der Waals surface area contributed by atoms with Crippen LogP contribution in [0.5, 0.6) is 0 Å². The normalized spacial score (nSPS) is 14.6. The molecule has 0 saturated heterocycles. The number of Topliss-reactive ketones (excluding diaryl/α,β-unsaturated/α-hetero) is 1. The lowest BCUT2D eigenvalue weighted by Gasteiger charge is -2.36. The summed E-state index contributed by atoms with van der Waals surface area (Å²) in [5, 5.41) is 0. The maximum atomic E-state index is 12.9. The summed E-state index contributed by atoms with van der Waals surface area (Å²) in [6.07, 6.45) is 6.72. The maximum Gasteiger partial charge on any atom is 0.147 e. The van der Waals surface area contributed by atoms with Gasteiger partial charge in [-0.3, -0.25) is 4.79 Å². The van der Waals surface area contributed by atoms with Gasteiger partial charge >= 0.3 is 0 Å². The third-order valence-corrected chi connectivity index (χ3v) is 3.79. The predicted molar refractivity (Wildman–Crippen MR) is 91.4 cm³/mol. The maximum absolute atomic E-state index is 12.9. The molecule has 0 spiro atoms. The van der Waals surface area contributed by atoms with Crippen molar-refractivity contribution in [2.75, 3.05) is 0 Å². The first kappa shape index (κ1) is 17.2. The zero-order valence-corrected chi connectivity index (χ0v) is 13.4. The number of rotatable bonds is 8. The third kappa shape index (κ3) is 3.60. The first-order valence-electron chi connectivity index (χ1n) is 7.57. The summed E-state index contributed by atoms with van der Waals surface area (Å²) in [5.74, 6) is 0.629. The zero-order chi connectivity index (χ0) is 15.9. The first-order valence-corrected chi connectivity index (χ1v) is 7.57. The van der Waals surface area contributed by atoms with Crippen molar-refractivity contribution in [2.24, 2.45) is 5.92 Å². The minimum Gasteiger partial charge on any atom is -0.298 e. The molecule has 0 fully saturated rings. The third-order valence-electron chi connectivity index (χ3n) is 3.79. The molecule has 0 bridgehead atoms. The van der Waals surface area contributed by atoms with Crippen molar-refractivity contribution in [3.05, 3.63) is 72.9 Å². The Morgan fingerprint density at radius 3 is 2.29 bits per heavy atom. The highest BCUT2D eigenvalue weighted by Gasteiger charge is 2.41. The second-order valence-electron chi connectivity index (χ2n) is 5.71. The van der Waals surface area contributed by atoms with Gasteiger partial charge in [-0.1, -0.05) is 82.5 Å². The Labute approximate surface area is 129 Å². The molecule has 1 aromatic rings. The summed E-state index contributed by atoms with van der Waals surface area (Å²) in [4.78, 5) is 12.9. The molecule has 0 saturated carbocycles. The fraction of sp³-hybridized carbons (Fsp3) is 0.350. The van der Waals surface area contributed by atoms with Gasteiger partial charge < -0.3 is 0 Å². The summed E-state index contributed by atoms with van der Waals surface area (Å²) in [6.45, 7) is 13.9. The largest absolute Gasteiger partial charge is 0.298 e. The summed E-state index contributed by atoms with van der Waals surface area (Å²) in [6, 6.07) is 10.0. The number of hydrogen-bond acceptors (Lipinski definition) is 1. The van der Waals surface area contributed by atoms with Crippen LogP contribution in [-0.4, -0.2) is 5.78 Å². The van der Waals surface area contributed by atoms with Crippen molar-refractivity contribution >= 4 is 5.78 Å². The number of carbonyl (C=O) groups excluding carboxylic acids is 1. The Morgan fingerprint density at radius 1 is 1.24 bits per heavy atom. The van der Waals surface area contributed by atoms with Crippen molar-refractivity contribution in [3.63, 3.8) is 0 Å². The molecule has 1 heteroatoms. The van der Waals surface area contributed by atoms with Crippen LogP contribution in [0, 0.1) is 5.92 Å². The molecular formula is C20H26O. The number of allylic oxidation sites excluding steroid dienone is 4. The van der Waals surface area contributed by atoms with Crippen molar-refractivity contribution in [2.45, 2.75) is 39.0 Å². The van der Waals surface area contributed by atoms with Gasteiger partial charge in [-0.15, -0.1) is 0 Å². The molecule has 1 aromatic carbocycles. The van der Waals surface area contributed by atoms with E-state index in [1.165, 1.54) is 0 Å². The molecule has 1 atom stereocenters. The average molecular weight is 282 g/mol. The second-order valence-corrected chi connectivity index (χ2v) is 5.71. The van der Waals surface area contributed by atoms with E-state index in [4.69, 9.17) is 0 Å². The summed E-state index contributed by atoms with van der Waals surface area (Å²) in [5.41, 5.74) is 1.35. The van der Waals surface area contributed by atoms with Gasteiger partial charge in [0.15, 0.2) is 0 Å². The Hall–Kier alpha value is -1.89. The molecule has 21 heavy (non-hydrogen) atoms. The van der Waals surface area contributed by atoms with E-state index >= 15 is 0 Å². The monoisotopic (exact) mass is 282 g/mol. The molecule has 1 rings (SSSR count). The zero-order valence-electron chi connectivity index (χ0n) is 13.4. The Balaban J connectivity index is 3.64. The lowest BCUT2D eigenvalue weighted by atomic mass is 9.65. The van der Waals surface area contributed by atoms with Gasteiger partial charge in [-0.25, -0.2) is 0 Å². The molecule has 0 radical (unpaired) electrons. The van der Waals surface area contributed by atoms with E-state index in [-0.39, 0.29) is 5.78 Å². The van der Waals surface area contributed by atoms with Crippen molar-refractivity contribution in [1.82, 2.24) is 0 Å². The van der Waals surface area contributed by atoms with Gasteiger partial charge in [0.25, 0.3) is 0 Å². The molecule has 0 amide bonds. The molecule has 0 heterocycles. The summed E-state index contributed by atoms with van der Waals surface area (Å²) >= 11 is 0. The summed E-state index contributed by atoms with van der Waals surface area (Å²) in [7, 11) is 0. The van der Waals surface area contributed by atoms with Crippen LogP contribution in [0.15, 0.2) is 67.3 Å². The first-order chi connectivity index (χ1) is 10.0. The van der Waals surface area contributed by atoms with Crippen LogP contribution in [0.3, 0.4) is 0 Å². The second kappa shape index (κ2) is 7.78. The van der Waals surface area contributed by atoms with Crippen LogP contribution in [0.4, 0.5) is 0 Å². The Kier molecular flexibility index (Phi) is 6.36.